The number of carbonyl (C=O) groups is 2. The van der Waals surface area contributed by atoms with E-state index in [1.165, 1.54) is 15.6 Å². The molecule has 2 saturated heterocycles. The van der Waals surface area contributed by atoms with Gasteiger partial charge in [0.15, 0.2) is 0 Å². The maximum absolute atomic E-state index is 13.1. The molecule has 2 aliphatic rings. The number of likely N-dealkylation sites (tertiary alicyclic amines) is 1. The Morgan fingerprint density at radius 2 is 1.79 bits per heavy atom. The molecule has 3 N–H and O–H groups in total. The number of rotatable bonds is 7. The maximum atomic E-state index is 13.1. The monoisotopic (exact) mass is 490 g/mol. The zero-order valence-corrected chi connectivity index (χ0v) is 20.1. The van der Waals surface area contributed by atoms with Crippen molar-refractivity contribution >= 4 is 38.9 Å². The van der Waals surface area contributed by atoms with Gasteiger partial charge in [0.2, 0.25) is 11.8 Å². The molecule has 0 bridgehead atoms. The molecule has 1 aromatic heterocycles. The van der Waals surface area contributed by atoms with E-state index in [9.17, 15) is 18.0 Å². The zero-order valence-electron chi connectivity index (χ0n) is 18.5. The maximum Gasteiger partial charge on any atom is 0.252 e. The lowest BCUT2D eigenvalue weighted by molar-refractivity contribution is -0.123. The molecule has 0 aliphatic carbocycles. The minimum atomic E-state index is -3.57. The summed E-state index contributed by atoms with van der Waals surface area (Å²) in [6.07, 6.45) is 3.03. The van der Waals surface area contributed by atoms with E-state index < -0.39 is 15.9 Å². The van der Waals surface area contributed by atoms with Crippen molar-refractivity contribution in [2.45, 2.75) is 36.4 Å². The third-order valence-corrected chi connectivity index (χ3v) is 9.66. The summed E-state index contributed by atoms with van der Waals surface area (Å²) in [6.45, 7) is 2.72. The van der Waals surface area contributed by atoms with E-state index in [0.717, 1.165) is 30.6 Å². The summed E-state index contributed by atoms with van der Waals surface area (Å²) in [5.41, 5.74) is 7.20. The average molecular weight is 491 g/mol. The van der Waals surface area contributed by atoms with Gasteiger partial charge in [-0.1, -0.05) is 24.3 Å². The summed E-state index contributed by atoms with van der Waals surface area (Å²) in [5, 5.41) is 4.78. The number of piperidine rings is 2. The SMILES string of the molecule is NC(=O)C1CCCN(Cc2ccccc2NC(=O)C2CCCN(S(=O)(=O)c3cccs3)C2)C1. The number of amides is 2. The highest BCUT2D eigenvalue weighted by atomic mass is 32.2. The number of carbonyl (C=O) groups excluding carboxylic acids is 2. The largest absolute Gasteiger partial charge is 0.369 e. The fraction of sp³-hybridized carbons (Fsp3) is 0.478. The van der Waals surface area contributed by atoms with E-state index in [-0.39, 0.29) is 24.3 Å². The van der Waals surface area contributed by atoms with Gasteiger partial charge >= 0.3 is 0 Å². The molecule has 4 rings (SSSR count). The van der Waals surface area contributed by atoms with Gasteiger partial charge in [0.25, 0.3) is 10.0 Å². The van der Waals surface area contributed by atoms with Crippen LogP contribution in [0.3, 0.4) is 0 Å². The van der Waals surface area contributed by atoms with Gasteiger partial charge < -0.3 is 11.1 Å². The van der Waals surface area contributed by atoms with Crippen LogP contribution < -0.4 is 11.1 Å². The number of hydrogen-bond acceptors (Lipinski definition) is 6. The van der Waals surface area contributed by atoms with Gasteiger partial charge in [0, 0.05) is 31.9 Å². The van der Waals surface area contributed by atoms with Gasteiger partial charge in [-0.05, 0) is 55.3 Å². The van der Waals surface area contributed by atoms with Crippen molar-refractivity contribution < 1.29 is 18.0 Å². The predicted molar refractivity (Wildman–Crippen MR) is 128 cm³/mol. The number of thiophene rings is 1. The van der Waals surface area contributed by atoms with Crippen molar-refractivity contribution in [2.24, 2.45) is 17.6 Å². The van der Waals surface area contributed by atoms with Crippen molar-refractivity contribution in [3.05, 3.63) is 47.3 Å². The number of nitrogens with one attached hydrogen (secondary N) is 1. The Kier molecular flexibility index (Phi) is 7.48. The van der Waals surface area contributed by atoms with E-state index in [2.05, 4.69) is 10.2 Å². The van der Waals surface area contributed by atoms with Crippen LogP contribution in [0, 0.1) is 11.8 Å². The van der Waals surface area contributed by atoms with E-state index in [1.54, 1.807) is 17.5 Å². The minimum Gasteiger partial charge on any atom is -0.369 e. The van der Waals surface area contributed by atoms with Crippen LogP contribution in [0.15, 0.2) is 46.0 Å². The number of benzene rings is 1. The van der Waals surface area contributed by atoms with Gasteiger partial charge in [-0.3, -0.25) is 14.5 Å². The Balaban J connectivity index is 1.42. The van der Waals surface area contributed by atoms with Gasteiger partial charge in [0.1, 0.15) is 4.21 Å². The molecule has 0 radical (unpaired) electrons. The molecule has 1 aromatic carbocycles. The Bertz CT molecular complexity index is 1090. The third kappa shape index (κ3) is 5.63. The van der Waals surface area contributed by atoms with Gasteiger partial charge in [0.05, 0.1) is 11.8 Å². The molecule has 0 spiro atoms. The molecule has 2 atom stereocenters. The Hall–Kier alpha value is -2.27. The predicted octanol–water partition coefficient (Wildman–Crippen LogP) is 2.48. The topological polar surface area (TPSA) is 113 Å². The summed E-state index contributed by atoms with van der Waals surface area (Å²) >= 11 is 1.19. The van der Waals surface area contributed by atoms with Crippen LogP contribution in [0.5, 0.6) is 0 Å². The normalized spacial score (nSPS) is 22.7. The minimum absolute atomic E-state index is 0.140. The standard InChI is InChI=1S/C23H30N4O4S2/c24-22(28)18-7-3-11-26(15-18)14-17-6-1-2-9-20(17)25-23(29)19-8-4-12-27(16-19)33(30,31)21-10-5-13-32-21/h1-2,5-6,9-10,13,18-19H,3-4,7-8,11-12,14-16H2,(H2,24,28)(H,25,29). The van der Waals surface area contributed by atoms with Crippen molar-refractivity contribution in [1.29, 1.82) is 0 Å². The molecule has 2 unspecified atom stereocenters. The Labute approximate surface area is 198 Å². The molecular weight excluding hydrogens is 460 g/mol. The summed E-state index contributed by atoms with van der Waals surface area (Å²) in [5.74, 6) is -0.974. The summed E-state index contributed by atoms with van der Waals surface area (Å²) in [7, 11) is -3.57. The van der Waals surface area contributed by atoms with Crippen LogP contribution in [0.1, 0.15) is 31.2 Å². The quantitative estimate of drug-likeness (QED) is 0.619. The van der Waals surface area contributed by atoms with Crippen LogP contribution in [0.4, 0.5) is 5.69 Å². The number of nitrogens with zero attached hydrogens (tertiary/aromatic N) is 2. The first-order valence-corrected chi connectivity index (χ1v) is 13.6. The number of hydrogen-bond donors (Lipinski definition) is 2. The molecule has 3 heterocycles. The molecule has 2 aliphatic heterocycles. The second-order valence-electron chi connectivity index (χ2n) is 8.76. The number of anilines is 1. The average Bonchev–Trinajstić information content (AvgIpc) is 3.37. The van der Waals surface area contributed by atoms with E-state index in [0.29, 0.717) is 36.7 Å². The number of primary amides is 1. The third-order valence-electron chi connectivity index (χ3n) is 6.42. The van der Waals surface area contributed by atoms with Crippen LogP contribution in [-0.4, -0.2) is 55.6 Å². The first kappa shape index (κ1) is 23.9. The summed E-state index contributed by atoms with van der Waals surface area (Å²) in [6, 6.07) is 11.0. The van der Waals surface area contributed by atoms with E-state index >= 15 is 0 Å². The number of para-hydroxylation sites is 1. The van der Waals surface area contributed by atoms with Crippen LogP contribution in [-0.2, 0) is 26.2 Å². The Morgan fingerprint density at radius 3 is 2.55 bits per heavy atom. The van der Waals surface area contributed by atoms with Crippen LogP contribution in [0.2, 0.25) is 0 Å². The number of nitrogens with two attached hydrogens (primary N) is 1. The van der Waals surface area contributed by atoms with E-state index in [4.69, 9.17) is 5.73 Å². The van der Waals surface area contributed by atoms with Crippen LogP contribution >= 0.6 is 11.3 Å². The highest BCUT2D eigenvalue weighted by Gasteiger charge is 2.34. The smallest absolute Gasteiger partial charge is 0.252 e. The zero-order chi connectivity index (χ0) is 23.4. The van der Waals surface area contributed by atoms with Gasteiger partial charge in [-0.15, -0.1) is 11.3 Å². The lowest BCUT2D eigenvalue weighted by Crippen LogP contribution is -2.43. The van der Waals surface area contributed by atoms with Gasteiger partial charge in [-0.25, -0.2) is 8.42 Å². The molecule has 33 heavy (non-hydrogen) atoms. The molecule has 2 aromatic rings. The lowest BCUT2D eigenvalue weighted by Gasteiger charge is -2.32. The molecule has 8 nitrogen and oxygen atoms in total. The molecule has 2 amide bonds. The first-order chi connectivity index (χ1) is 15.8. The van der Waals surface area contributed by atoms with Crippen molar-refractivity contribution in [2.75, 3.05) is 31.5 Å². The highest BCUT2D eigenvalue weighted by Crippen LogP contribution is 2.28. The Morgan fingerprint density at radius 1 is 1.03 bits per heavy atom. The fourth-order valence-corrected chi connectivity index (χ4v) is 7.27. The molecule has 178 valence electrons. The van der Waals surface area contributed by atoms with Crippen molar-refractivity contribution in [1.82, 2.24) is 9.21 Å². The van der Waals surface area contributed by atoms with Crippen molar-refractivity contribution in [3.63, 3.8) is 0 Å². The molecular formula is C23H30N4O4S2. The molecule has 0 saturated carbocycles. The summed E-state index contributed by atoms with van der Waals surface area (Å²) < 4.78 is 27.5. The van der Waals surface area contributed by atoms with Gasteiger partial charge in [-0.2, -0.15) is 4.31 Å². The first-order valence-electron chi connectivity index (χ1n) is 11.3. The second kappa shape index (κ2) is 10.3. The van der Waals surface area contributed by atoms with Crippen molar-refractivity contribution in [3.8, 4) is 0 Å². The summed E-state index contributed by atoms with van der Waals surface area (Å²) in [4.78, 5) is 26.9. The fourth-order valence-electron chi connectivity index (χ4n) is 4.60. The lowest BCUT2D eigenvalue weighted by atomic mass is 9.96. The van der Waals surface area contributed by atoms with E-state index in [1.807, 2.05) is 24.3 Å². The van der Waals surface area contributed by atoms with Crippen LogP contribution in [0.25, 0.3) is 0 Å². The molecule has 10 heteroatoms. The number of sulfonamides is 1. The molecule has 2 fully saturated rings. The second-order valence-corrected chi connectivity index (χ2v) is 11.9. The highest BCUT2D eigenvalue weighted by molar-refractivity contribution is 7.91.